The summed E-state index contributed by atoms with van der Waals surface area (Å²) >= 11 is 7.33. The lowest BCUT2D eigenvalue weighted by atomic mass is 10.1. The smallest absolute Gasteiger partial charge is 0.308 e. The van der Waals surface area contributed by atoms with Crippen molar-refractivity contribution in [2.75, 3.05) is 13.1 Å². The summed E-state index contributed by atoms with van der Waals surface area (Å²) in [5, 5.41) is 12.0. The fourth-order valence-electron chi connectivity index (χ4n) is 2.43. The molecule has 1 unspecified atom stereocenters. The molecule has 1 amide bonds. The molecular weight excluding hydrogens is 324 g/mol. The molecule has 1 fully saturated rings. The van der Waals surface area contributed by atoms with Gasteiger partial charge in [-0.15, -0.1) is 11.3 Å². The zero-order valence-corrected chi connectivity index (χ0v) is 13.1. The molecule has 1 aromatic heterocycles. The van der Waals surface area contributed by atoms with Crippen LogP contribution in [0.25, 0.3) is 10.6 Å². The van der Waals surface area contributed by atoms with Crippen LogP contribution >= 0.6 is 22.9 Å². The molecule has 1 saturated heterocycles. The molecule has 1 aromatic carbocycles. The topological polar surface area (TPSA) is 70.5 Å². The highest BCUT2D eigenvalue weighted by Gasteiger charge is 2.32. The maximum Gasteiger partial charge on any atom is 0.308 e. The Balaban J connectivity index is 1.77. The molecule has 0 radical (unpaired) electrons. The van der Waals surface area contributed by atoms with Crippen molar-refractivity contribution in [1.82, 2.24) is 9.88 Å². The lowest BCUT2D eigenvalue weighted by Gasteiger charge is -2.13. The van der Waals surface area contributed by atoms with Gasteiger partial charge in [-0.05, 0) is 18.6 Å². The van der Waals surface area contributed by atoms with Gasteiger partial charge in [-0.25, -0.2) is 4.98 Å². The number of nitrogens with zero attached hydrogens (tertiary/aromatic N) is 2. The number of hydrogen-bond acceptors (Lipinski definition) is 4. The first-order chi connectivity index (χ1) is 10.5. The number of carboxylic acids is 1. The Kier molecular flexibility index (Phi) is 4.13. The molecule has 1 N–H and O–H groups in total. The first-order valence-electron chi connectivity index (χ1n) is 6.78. The molecule has 3 rings (SSSR count). The summed E-state index contributed by atoms with van der Waals surface area (Å²) in [5.74, 6) is -1.54. The van der Waals surface area contributed by atoms with Crippen LogP contribution in [0.4, 0.5) is 0 Å². The van der Waals surface area contributed by atoms with Crippen LogP contribution in [0.5, 0.6) is 0 Å². The molecule has 114 valence electrons. The summed E-state index contributed by atoms with van der Waals surface area (Å²) < 4.78 is 0. The lowest BCUT2D eigenvalue weighted by Crippen LogP contribution is -2.30. The standard InChI is InChI=1S/C15H13ClN2O3S/c16-11-3-1-2-9(6-11)13-17-12(8-22-13)14(19)18-5-4-10(7-18)15(20)21/h1-3,6,8,10H,4-5,7H2,(H,20,21). The van der Waals surface area contributed by atoms with Gasteiger partial charge in [0.2, 0.25) is 0 Å². The van der Waals surface area contributed by atoms with Crippen molar-refractivity contribution in [2.24, 2.45) is 5.92 Å². The van der Waals surface area contributed by atoms with E-state index < -0.39 is 11.9 Å². The lowest BCUT2D eigenvalue weighted by molar-refractivity contribution is -0.141. The van der Waals surface area contributed by atoms with Crippen molar-refractivity contribution in [3.8, 4) is 10.6 Å². The average molecular weight is 337 g/mol. The molecule has 22 heavy (non-hydrogen) atoms. The molecule has 1 aliphatic heterocycles. The predicted octanol–water partition coefficient (Wildman–Crippen LogP) is 3.01. The predicted molar refractivity (Wildman–Crippen MR) is 84.2 cm³/mol. The molecular formula is C15H13ClN2O3S. The quantitative estimate of drug-likeness (QED) is 0.935. The van der Waals surface area contributed by atoms with E-state index in [0.29, 0.717) is 23.7 Å². The molecule has 7 heteroatoms. The normalized spacial score (nSPS) is 17.7. The number of carboxylic acid groups (broad SMARTS) is 1. The summed E-state index contributed by atoms with van der Waals surface area (Å²) in [5.41, 5.74) is 1.22. The van der Waals surface area contributed by atoms with Crippen LogP contribution in [-0.2, 0) is 4.79 Å². The van der Waals surface area contributed by atoms with Crippen LogP contribution in [0.2, 0.25) is 5.02 Å². The second-order valence-corrected chi connectivity index (χ2v) is 6.42. The molecule has 2 aromatic rings. The van der Waals surface area contributed by atoms with Crippen molar-refractivity contribution < 1.29 is 14.7 Å². The fraction of sp³-hybridized carbons (Fsp3) is 0.267. The molecule has 1 atom stereocenters. The van der Waals surface area contributed by atoms with Crippen LogP contribution in [0.1, 0.15) is 16.9 Å². The summed E-state index contributed by atoms with van der Waals surface area (Å²) in [4.78, 5) is 29.2. The molecule has 1 aliphatic rings. The van der Waals surface area contributed by atoms with Crippen molar-refractivity contribution >= 4 is 34.8 Å². The number of likely N-dealkylation sites (tertiary alicyclic amines) is 1. The summed E-state index contributed by atoms with van der Waals surface area (Å²) in [7, 11) is 0. The van der Waals surface area contributed by atoms with Gasteiger partial charge in [0.1, 0.15) is 10.7 Å². The van der Waals surface area contributed by atoms with E-state index in [1.165, 1.54) is 11.3 Å². The van der Waals surface area contributed by atoms with Crippen LogP contribution in [0.15, 0.2) is 29.6 Å². The third-order valence-corrected chi connectivity index (χ3v) is 4.75. The average Bonchev–Trinajstić information content (AvgIpc) is 3.16. The van der Waals surface area contributed by atoms with Gasteiger partial charge in [0, 0.05) is 29.1 Å². The Morgan fingerprint density at radius 1 is 1.41 bits per heavy atom. The number of carbonyl (C=O) groups excluding carboxylic acids is 1. The zero-order valence-electron chi connectivity index (χ0n) is 11.5. The number of aliphatic carboxylic acids is 1. The van der Waals surface area contributed by atoms with E-state index in [1.807, 2.05) is 12.1 Å². The Morgan fingerprint density at radius 3 is 2.91 bits per heavy atom. The molecule has 0 bridgehead atoms. The zero-order chi connectivity index (χ0) is 15.7. The minimum Gasteiger partial charge on any atom is -0.481 e. The molecule has 2 heterocycles. The highest BCUT2D eigenvalue weighted by Crippen LogP contribution is 2.27. The maximum atomic E-state index is 12.4. The van der Waals surface area contributed by atoms with E-state index in [1.54, 1.807) is 22.4 Å². The second kappa shape index (κ2) is 6.06. The summed E-state index contributed by atoms with van der Waals surface area (Å²) in [6.45, 7) is 0.706. The number of hydrogen-bond donors (Lipinski definition) is 1. The SMILES string of the molecule is O=C(O)C1CCN(C(=O)c2csc(-c3cccc(Cl)c3)n2)C1. The second-order valence-electron chi connectivity index (χ2n) is 5.12. The number of thiazole rings is 1. The Labute approximate surface area is 136 Å². The van der Waals surface area contributed by atoms with Gasteiger partial charge in [0.15, 0.2) is 0 Å². The summed E-state index contributed by atoms with van der Waals surface area (Å²) in [6, 6.07) is 7.29. The maximum absolute atomic E-state index is 12.4. The molecule has 0 aliphatic carbocycles. The van der Waals surface area contributed by atoms with Crippen LogP contribution in [0, 0.1) is 5.92 Å². The number of benzene rings is 1. The third-order valence-electron chi connectivity index (χ3n) is 3.62. The van der Waals surface area contributed by atoms with Gasteiger partial charge in [-0.2, -0.15) is 0 Å². The highest BCUT2D eigenvalue weighted by molar-refractivity contribution is 7.13. The van der Waals surface area contributed by atoms with E-state index in [-0.39, 0.29) is 12.5 Å². The van der Waals surface area contributed by atoms with Gasteiger partial charge >= 0.3 is 5.97 Å². The monoisotopic (exact) mass is 336 g/mol. The van der Waals surface area contributed by atoms with Gasteiger partial charge in [0.05, 0.1) is 5.92 Å². The number of rotatable bonds is 3. The van der Waals surface area contributed by atoms with Crippen molar-refractivity contribution in [3.63, 3.8) is 0 Å². The minimum absolute atomic E-state index is 0.215. The number of halogens is 1. The van der Waals surface area contributed by atoms with Gasteiger partial charge in [-0.1, -0.05) is 23.7 Å². The first-order valence-corrected chi connectivity index (χ1v) is 8.04. The number of carbonyl (C=O) groups is 2. The van der Waals surface area contributed by atoms with E-state index in [4.69, 9.17) is 16.7 Å². The largest absolute Gasteiger partial charge is 0.481 e. The van der Waals surface area contributed by atoms with Gasteiger partial charge in [0.25, 0.3) is 5.91 Å². The van der Waals surface area contributed by atoms with E-state index >= 15 is 0 Å². The fourth-order valence-corrected chi connectivity index (χ4v) is 3.42. The Hall–Kier alpha value is -1.92. The van der Waals surface area contributed by atoms with Gasteiger partial charge in [-0.3, -0.25) is 9.59 Å². The summed E-state index contributed by atoms with van der Waals surface area (Å²) in [6.07, 6.45) is 0.492. The highest BCUT2D eigenvalue weighted by atomic mass is 35.5. The Bertz CT molecular complexity index is 731. The first kappa shape index (κ1) is 15.0. The molecule has 5 nitrogen and oxygen atoms in total. The van der Waals surface area contributed by atoms with Crippen molar-refractivity contribution in [2.45, 2.75) is 6.42 Å². The van der Waals surface area contributed by atoms with Crippen LogP contribution < -0.4 is 0 Å². The number of aromatic nitrogens is 1. The van der Waals surface area contributed by atoms with E-state index in [2.05, 4.69) is 4.98 Å². The van der Waals surface area contributed by atoms with E-state index in [9.17, 15) is 9.59 Å². The molecule has 0 saturated carbocycles. The van der Waals surface area contributed by atoms with Crippen LogP contribution in [0.3, 0.4) is 0 Å². The Morgan fingerprint density at radius 2 is 2.23 bits per heavy atom. The minimum atomic E-state index is -0.854. The molecule has 0 spiro atoms. The van der Waals surface area contributed by atoms with Gasteiger partial charge < -0.3 is 10.0 Å². The van der Waals surface area contributed by atoms with Crippen molar-refractivity contribution in [3.05, 3.63) is 40.4 Å². The third kappa shape index (κ3) is 2.98. The van der Waals surface area contributed by atoms with Crippen LogP contribution in [-0.4, -0.2) is 40.0 Å². The van der Waals surface area contributed by atoms with E-state index in [0.717, 1.165) is 10.6 Å². The number of amides is 1. The van der Waals surface area contributed by atoms with Crippen molar-refractivity contribution in [1.29, 1.82) is 0 Å².